The molecule has 152 valence electrons. The van der Waals surface area contributed by atoms with Gasteiger partial charge in [0.2, 0.25) is 0 Å². The Morgan fingerprint density at radius 2 is 1.89 bits per heavy atom. The highest BCUT2D eigenvalue weighted by molar-refractivity contribution is 9.10. The minimum atomic E-state index is -0.0471. The van der Waals surface area contributed by atoms with Crippen molar-refractivity contribution in [2.24, 2.45) is 5.92 Å². The Hall–Kier alpha value is -1.21. The third-order valence-electron chi connectivity index (χ3n) is 6.22. The lowest BCUT2D eigenvalue weighted by Gasteiger charge is -2.38. The minimum Gasteiger partial charge on any atom is -0.496 e. The summed E-state index contributed by atoms with van der Waals surface area (Å²) in [6.07, 6.45) is 4.41. The molecule has 3 aliphatic rings. The molecule has 0 amide bonds. The molecule has 3 unspecified atom stereocenters. The normalized spacial score (nSPS) is 29.1. The quantitative estimate of drug-likeness (QED) is 0.691. The third-order valence-corrected chi connectivity index (χ3v) is 6.75. The molecule has 1 saturated heterocycles. The molecule has 2 aliphatic heterocycles. The molecule has 3 atom stereocenters. The van der Waals surface area contributed by atoms with Gasteiger partial charge in [-0.1, -0.05) is 28.1 Å². The SMILES string of the molecule is CN1CCN(CCOC2CCC3C(=O)C(c4ccc(Br)cc4)=COC3C2)CC1. The van der Waals surface area contributed by atoms with Gasteiger partial charge in [0.05, 0.1) is 30.5 Å². The zero-order valence-electron chi connectivity index (χ0n) is 16.5. The van der Waals surface area contributed by atoms with Crippen molar-refractivity contribution in [2.45, 2.75) is 31.5 Å². The smallest absolute Gasteiger partial charge is 0.173 e. The summed E-state index contributed by atoms with van der Waals surface area (Å²) < 4.78 is 13.2. The van der Waals surface area contributed by atoms with Gasteiger partial charge in [0.25, 0.3) is 0 Å². The number of ether oxygens (including phenoxy) is 2. The van der Waals surface area contributed by atoms with E-state index >= 15 is 0 Å². The predicted octanol–water partition coefficient (Wildman–Crippen LogP) is 3.19. The van der Waals surface area contributed by atoms with Crippen LogP contribution in [-0.4, -0.2) is 74.2 Å². The summed E-state index contributed by atoms with van der Waals surface area (Å²) >= 11 is 3.44. The Morgan fingerprint density at radius 3 is 2.64 bits per heavy atom. The van der Waals surface area contributed by atoms with E-state index in [-0.39, 0.29) is 23.9 Å². The maximum absolute atomic E-state index is 13.0. The van der Waals surface area contributed by atoms with E-state index in [4.69, 9.17) is 9.47 Å². The van der Waals surface area contributed by atoms with E-state index in [0.29, 0.717) is 5.57 Å². The molecule has 5 nitrogen and oxygen atoms in total. The van der Waals surface area contributed by atoms with Gasteiger partial charge in [0.15, 0.2) is 5.78 Å². The first-order valence-electron chi connectivity index (χ1n) is 10.3. The fourth-order valence-electron chi connectivity index (χ4n) is 4.37. The summed E-state index contributed by atoms with van der Waals surface area (Å²) in [4.78, 5) is 17.8. The summed E-state index contributed by atoms with van der Waals surface area (Å²) in [5, 5.41) is 0. The van der Waals surface area contributed by atoms with Crippen LogP contribution in [0.2, 0.25) is 0 Å². The first kappa shape index (κ1) is 20.1. The molecule has 1 saturated carbocycles. The second-order valence-corrected chi connectivity index (χ2v) is 9.05. The van der Waals surface area contributed by atoms with E-state index in [1.807, 2.05) is 24.3 Å². The Labute approximate surface area is 175 Å². The number of fused-ring (bicyclic) bond motifs is 1. The van der Waals surface area contributed by atoms with Gasteiger partial charge in [0, 0.05) is 43.6 Å². The zero-order chi connectivity index (χ0) is 19.5. The highest BCUT2D eigenvalue weighted by Gasteiger charge is 2.40. The molecular weight excluding hydrogens is 420 g/mol. The average molecular weight is 449 g/mol. The van der Waals surface area contributed by atoms with Crippen LogP contribution in [0.1, 0.15) is 24.8 Å². The number of Topliss-reactive ketones (excluding diaryl/α,β-unsaturated/α-hetero) is 1. The van der Waals surface area contributed by atoms with E-state index in [1.165, 1.54) is 0 Å². The van der Waals surface area contributed by atoms with Crippen LogP contribution in [-0.2, 0) is 14.3 Å². The highest BCUT2D eigenvalue weighted by atomic mass is 79.9. The lowest BCUT2D eigenvalue weighted by Crippen LogP contribution is -2.46. The van der Waals surface area contributed by atoms with Crippen molar-refractivity contribution in [1.29, 1.82) is 0 Å². The van der Waals surface area contributed by atoms with Gasteiger partial charge in [-0.2, -0.15) is 0 Å². The molecule has 28 heavy (non-hydrogen) atoms. The molecule has 0 bridgehead atoms. The third kappa shape index (κ3) is 4.67. The monoisotopic (exact) mass is 448 g/mol. The highest BCUT2D eigenvalue weighted by Crippen LogP contribution is 2.37. The number of hydrogen-bond donors (Lipinski definition) is 0. The van der Waals surface area contributed by atoms with Gasteiger partial charge in [0.1, 0.15) is 6.10 Å². The molecule has 0 radical (unpaired) electrons. The molecule has 1 aliphatic carbocycles. The topological polar surface area (TPSA) is 42.0 Å². The Bertz CT molecular complexity index is 713. The number of nitrogens with zero attached hydrogens (tertiary/aromatic N) is 2. The number of benzene rings is 1. The van der Waals surface area contributed by atoms with E-state index in [1.54, 1.807) is 6.26 Å². The molecule has 6 heteroatoms. The minimum absolute atomic E-state index is 0.0406. The van der Waals surface area contributed by atoms with Crippen LogP contribution in [0.25, 0.3) is 5.57 Å². The van der Waals surface area contributed by atoms with Gasteiger partial charge in [-0.15, -0.1) is 0 Å². The number of hydrogen-bond acceptors (Lipinski definition) is 5. The van der Waals surface area contributed by atoms with Crippen LogP contribution >= 0.6 is 15.9 Å². The number of likely N-dealkylation sites (N-methyl/N-ethyl adjacent to an activating group) is 1. The van der Waals surface area contributed by atoms with Crippen LogP contribution in [0.15, 0.2) is 35.0 Å². The maximum atomic E-state index is 13.0. The second kappa shape index (κ2) is 9.08. The number of piperazine rings is 1. The average Bonchev–Trinajstić information content (AvgIpc) is 2.71. The van der Waals surface area contributed by atoms with Crippen LogP contribution in [0.5, 0.6) is 0 Å². The van der Waals surface area contributed by atoms with Crippen molar-refractivity contribution >= 4 is 27.3 Å². The second-order valence-electron chi connectivity index (χ2n) is 8.13. The van der Waals surface area contributed by atoms with Crippen LogP contribution in [0.3, 0.4) is 0 Å². The van der Waals surface area contributed by atoms with Crippen LogP contribution in [0, 0.1) is 5.92 Å². The first-order valence-corrected chi connectivity index (χ1v) is 11.1. The number of ketones is 1. The Kier molecular flexibility index (Phi) is 6.51. The fraction of sp³-hybridized carbons (Fsp3) is 0.591. The zero-order valence-corrected chi connectivity index (χ0v) is 18.1. The van der Waals surface area contributed by atoms with E-state index in [0.717, 1.165) is 68.6 Å². The number of halogens is 1. The largest absolute Gasteiger partial charge is 0.496 e. The number of rotatable bonds is 5. The lowest BCUT2D eigenvalue weighted by atomic mass is 9.78. The van der Waals surface area contributed by atoms with Crippen molar-refractivity contribution in [3.05, 3.63) is 40.6 Å². The van der Waals surface area contributed by atoms with Crippen molar-refractivity contribution in [3.8, 4) is 0 Å². The molecule has 0 spiro atoms. The summed E-state index contributed by atoms with van der Waals surface area (Å²) in [6, 6.07) is 7.84. The molecule has 0 aromatic heterocycles. The van der Waals surface area contributed by atoms with Gasteiger partial charge in [-0.3, -0.25) is 9.69 Å². The van der Waals surface area contributed by atoms with Gasteiger partial charge in [-0.25, -0.2) is 0 Å². The molecule has 1 aromatic carbocycles. The number of carbonyl (C=O) groups excluding carboxylic acids is 1. The molecule has 2 fully saturated rings. The Morgan fingerprint density at radius 1 is 1.14 bits per heavy atom. The van der Waals surface area contributed by atoms with Gasteiger partial charge >= 0.3 is 0 Å². The van der Waals surface area contributed by atoms with Crippen molar-refractivity contribution in [3.63, 3.8) is 0 Å². The molecule has 2 heterocycles. The summed E-state index contributed by atoms with van der Waals surface area (Å²) in [5.74, 6) is 0.176. The lowest BCUT2D eigenvalue weighted by molar-refractivity contribution is -0.128. The first-order chi connectivity index (χ1) is 13.6. The Balaban J connectivity index is 1.28. The molecule has 0 N–H and O–H groups in total. The summed E-state index contributed by atoms with van der Waals surface area (Å²) in [5.41, 5.74) is 1.63. The fourth-order valence-corrected chi connectivity index (χ4v) is 4.63. The van der Waals surface area contributed by atoms with Crippen molar-refractivity contribution in [2.75, 3.05) is 46.4 Å². The predicted molar refractivity (Wildman–Crippen MR) is 113 cm³/mol. The van der Waals surface area contributed by atoms with E-state index in [9.17, 15) is 4.79 Å². The van der Waals surface area contributed by atoms with Crippen molar-refractivity contribution < 1.29 is 14.3 Å². The summed E-state index contributed by atoms with van der Waals surface area (Å²) in [6.45, 7) is 6.27. The molecular formula is C22H29BrN2O3. The van der Waals surface area contributed by atoms with Crippen LogP contribution in [0.4, 0.5) is 0 Å². The summed E-state index contributed by atoms with van der Waals surface area (Å²) in [7, 11) is 2.17. The number of carbonyl (C=O) groups is 1. The molecule has 1 aromatic rings. The van der Waals surface area contributed by atoms with Crippen LogP contribution < -0.4 is 0 Å². The van der Waals surface area contributed by atoms with Crippen molar-refractivity contribution in [1.82, 2.24) is 9.80 Å². The van der Waals surface area contributed by atoms with Gasteiger partial charge < -0.3 is 14.4 Å². The standard InChI is InChI=1S/C22H29BrN2O3/c1-24-8-10-25(11-9-24)12-13-27-18-6-7-19-21(14-18)28-15-20(22(19)26)16-2-4-17(23)5-3-16/h2-5,15,18-19,21H,6-14H2,1H3. The number of allylic oxidation sites excluding steroid dienone is 1. The van der Waals surface area contributed by atoms with E-state index in [2.05, 4.69) is 32.8 Å². The van der Waals surface area contributed by atoms with E-state index < -0.39 is 0 Å². The van der Waals surface area contributed by atoms with Gasteiger partial charge in [-0.05, 0) is 37.6 Å². The maximum Gasteiger partial charge on any atom is 0.173 e. The molecule has 4 rings (SSSR count).